The van der Waals surface area contributed by atoms with Crippen molar-refractivity contribution in [2.24, 2.45) is 35.5 Å². The van der Waals surface area contributed by atoms with E-state index in [-0.39, 0.29) is 51.8 Å². The summed E-state index contributed by atoms with van der Waals surface area (Å²) in [6, 6.07) is 8.83. The molecule has 2 bridgehead atoms. The molecule has 5 unspecified atom stereocenters. The number of hydrogen-bond acceptors (Lipinski definition) is 4. The van der Waals surface area contributed by atoms with Gasteiger partial charge in [-0.2, -0.15) is 13.2 Å². The molecular formula is C26H19ClF3NO4. The summed E-state index contributed by atoms with van der Waals surface area (Å²) in [5.41, 5.74) is -0.788. The number of halogens is 4. The lowest BCUT2D eigenvalue weighted by Gasteiger charge is -2.37. The third-order valence-electron chi connectivity index (χ3n) is 7.67. The minimum atomic E-state index is -4.63. The zero-order valence-corrected chi connectivity index (χ0v) is 18.9. The van der Waals surface area contributed by atoms with E-state index in [1.807, 2.05) is 0 Å². The summed E-state index contributed by atoms with van der Waals surface area (Å²) in [4.78, 5) is 40.0. The Hall–Kier alpha value is -3.13. The molecular weight excluding hydrogens is 483 g/mol. The molecule has 9 heteroatoms. The number of carbonyl (C=O) groups excluding carboxylic acids is 3. The molecule has 2 amide bonds. The van der Waals surface area contributed by atoms with Crippen molar-refractivity contribution < 1.29 is 32.3 Å². The van der Waals surface area contributed by atoms with Crippen molar-refractivity contribution in [3.8, 4) is 5.75 Å². The van der Waals surface area contributed by atoms with Crippen molar-refractivity contribution >= 4 is 34.9 Å². The Kier molecular flexibility index (Phi) is 4.90. The minimum absolute atomic E-state index is 0.134. The zero-order chi connectivity index (χ0) is 24.6. The molecule has 0 spiro atoms. The van der Waals surface area contributed by atoms with Crippen molar-refractivity contribution in [3.63, 3.8) is 0 Å². The fourth-order valence-corrected chi connectivity index (χ4v) is 6.28. The molecule has 2 aromatic carbocycles. The van der Waals surface area contributed by atoms with Crippen LogP contribution in [0.1, 0.15) is 22.3 Å². The third-order valence-corrected chi connectivity index (χ3v) is 7.89. The molecule has 2 aromatic rings. The number of rotatable bonds is 5. The van der Waals surface area contributed by atoms with E-state index in [1.54, 1.807) is 12.1 Å². The molecule has 180 valence electrons. The van der Waals surface area contributed by atoms with Crippen LogP contribution in [0, 0.1) is 35.5 Å². The van der Waals surface area contributed by atoms with E-state index in [1.165, 1.54) is 17.0 Å². The predicted molar refractivity (Wildman–Crippen MR) is 120 cm³/mol. The Morgan fingerprint density at radius 1 is 0.971 bits per heavy atom. The maximum atomic E-state index is 13.2. The van der Waals surface area contributed by atoms with E-state index in [0.717, 1.165) is 24.6 Å². The van der Waals surface area contributed by atoms with Gasteiger partial charge < -0.3 is 4.74 Å². The molecule has 0 radical (unpaired) electrons. The molecule has 5 aliphatic rings. The topological polar surface area (TPSA) is 63.7 Å². The number of carbonyl (C=O) groups is 3. The van der Waals surface area contributed by atoms with Crippen molar-refractivity contribution in [1.82, 2.24) is 0 Å². The van der Waals surface area contributed by atoms with Gasteiger partial charge in [-0.1, -0.05) is 23.8 Å². The lowest BCUT2D eigenvalue weighted by molar-refractivity contribution is -0.137. The normalized spacial score (nSPS) is 30.3. The molecule has 3 fully saturated rings. The van der Waals surface area contributed by atoms with Crippen LogP contribution in [-0.4, -0.2) is 24.2 Å². The van der Waals surface area contributed by atoms with Crippen LogP contribution in [0.5, 0.6) is 5.75 Å². The highest BCUT2D eigenvalue weighted by Gasteiger charge is 2.67. The van der Waals surface area contributed by atoms with E-state index in [2.05, 4.69) is 12.2 Å². The average molecular weight is 502 g/mol. The second-order valence-electron chi connectivity index (χ2n) is 9.60. The number of Topliss-reactive ketones (excluding diaryl/α,β-unsaturated/α-hetero) is 1. The van der Waals surface area contributed by atoms with Crippen LogP contribution in [0.3, 0.4) is 0 Å². The number of allylic oxidation sites excluding steroid dienone is 2. The zero-order valence-electron chi connectivity index (χ0n) is 18.2. The molecule has 35 heavy (non-hydrogen) atoms. The molecule has 0 N–H and O–H groups in total. The number of ether oxygens (including phenoxy) is 1. The van der Waals surface area contributed by atoms with Gasteiger partial charge >= 0.3 is 6.18 Å². The second-order valence-corrected chi connectivity index (χ2v) is 10.0. The first-order chi connectivity index (χ1) is 16.6. The number of nitrogens with zero attached hydrogens (tertiary/aromatic N) is 1. The van der Waals surface area contributed by atoms with Crippen LogP contribution in [0.4, 0.5) is 18.9 Å². The molecule has 0 aromatic heterocycles. The standard InChI is InChI=1S/C26H19ClF3NO4/c27-14-8-12(7-13(9-14)26(28,29)30)21(32)11-35-16-3-1-15(2-4-16)31-24(33)22-17-5-6-18(20-10-19(17)20)23(22)25(31)34/h1-9,17-20,22-23H,10-11H2/t17-,18?,19?,20?,22?,23?/m1/s1. The molecule has 1 heterocycles. The van der Waals surface area contributed by atoms with Gasteiger partial charge in [0.2, 0.25) is 11.8 Å². The molecule has 2 saturated carbocycles. The summed E-state index contributed by atoms with van der Waals surface area (Å²) >= 11 is 5.74. The van der Waals surface area contributed by atoms with Gasteiger partial charge in [0.1, 0.15) is 5.75 Å². The number of hydrogen-bond donors (Lipinski definition) is 0. The van der Waals surface area contributed by atoms with Crippen LogP contribution >= 0.6 is 11.6 Å². The number of amides is 2. The Bertz CT molecular complexity index is 1250. The van der Waals surface area contributed by atoms with Crippen LogP contribution in [0.25, 0.3) is 0 Å². The van der Waals surface area contributed by atoms with Gasteiger partial charge in [-0.05, 0) is 72.6 Å². The third kappa shape index (κ3) is 3.57. The van der Waals surface area contributed by atoms with E-state index >= 15 is 0 Å². The summed E-state index contributed by atoms with van der Waals surface area (Å²) in [5.74, 6) is -0.0276. The Morgan fingerprint density at radius 2 is 1.57 bits per heavy atom. The Balaban J connectivity index is 1.14. The summed E-state index contributed by atoms with van der Waals surface area (Å²) in [5, 5.41) is -0.200. The maximum absolute atomic E-state index is 13.2. The number of imide groups is 1. The first-order valence-corrected chi connectivity index (χ1v) is 11.7. The lowest BCUT2D eigenvalue weighted by Crippen LogP contribution is -2.40. The van der Waals surface area contributed by atoms with Crippen LogP contribution in [0.2, 0.25) is 5.02 Å². The first-order valence-electron chi connectivity index (χ1n) is 11.3. The van der Waals surface area contributed by atoms with Crippen molar-refractivity contribution in [2.75, 3.05) is 11.5 Å². The van der Waals surface area contributed by atoms with Gasteiger partial charge in [0.05, 0.1) is 23.1 Å². The highest BCUT2D eigenvalue weighted by atomic mass is 35.5. The minimum Gasteiger partial charge on any atom is -0.485 e. The number of anilines is 1. The van der Waals surface area contributed by atoms with E-state index < -0.39 is 24.1 Å². The number of alkyl halides is 3. The summed E-state index contributed by atoms with van der Waals surface area (Å²) in [6.45, 7) is -0.499. The predicted octanol–water partition coefficient (Wildman–Crippen LogP) is 5.18. The van der Waals surface area contributed by atoms with Gasteiger partial charge in [0.15, 0.2) is 12.4 Å². The van der Waals surface area contributed by atoms with Gasteiger partial charge in [0.25, 0.3) is 0 Å². The van der Waals surface area contributed by atoms with Crippen molar-refractivity contribution in [2.45, 2.75) is 12.6 Å². The fourth-order valence-electron chi connectivity index (χ4n) is 6.05. The largest absolute Gasteiger partial charge is 0.485 e. The van der Waals surface area contributed by atoms with Gasteiger partial charge in [-0.15, -0.1) is 0 Å². The fraction of sp³-hybridized carbons (Fsp3) is 0.346. The summed E-state index contributed by atoms with van der Waals surface area (Å²) in [7, 11) is 0. The van der Waals surface area contributed by atoms with Gasteiger partial charge in [0, 0.05) is 10.6 Å². The molecule has 4 aliphatic carbocycles. The monoisotopic (exact) mass is 501 g/mol. The summed E-state index contributed by atoms with van der Waals surface area (Å²) in [6.07, 6.45) is 0.683. The second kappa shape index (κ2) is 7.68. The molecule has 6 atom stereocenters. The smallest absolute Gasteiger partial charge is 0.416 e. The molecule has 1 saturated heterocycles. The van der Waals surface area contributed by atoms with Crippen LogP contribution in [-0.2, 0) is 15.8 Å². The molecule has 5 nitrogen and oxygen atoms in total. The quantitative estimate of drug-likeness (QED) is 0.322. The Labute approximate surface area is 203 Å². The van der Waals surface area contributed by atoms with E-state index in [4.69, 9.17) is 16.3 Å². The van der Waals surface area contributed by atoms with Gasteiger partial charge in [-0.25, -0.2) is 0 Å². The van der Waals surface area contributed by atoms with E-state index in [9.17, 15) is 27.6 Å². The van der Waals surface area contributed by atoms with E-state index in [0.29, 0.717) is 17.5 Å². The summed E-state index contributed by atoms with van der Waals surface area (Å²) < 4.78 is 44.4. The van der Waals surface area contributed by atoms with Gasteiger partial charge in [-0.3, -0.25) is 19.3 Å². The first kappa shape index (κ1) is 22.3. The lowest BCUT2D eigenvalue weighted by atomic mass is 9.63. The number of benzene rings is 2. The van der Waals surface area contributed by atoms with Crippen molar-refractivity contribution in [3.05, 3.63) is 70.8 Å². The highest BCUT2D eigenvalue weighted by Crippen LogP contribution is 2.65. The SMILES string of the molecule is O=C(COc1ccc(N2C(=O)C3C4C=C[C@H](C5CC45)C3C2=O)cc1)c1cc(Cl)cc(C(F)(F)F)c1. The maximum Gasteiger partial charge on any atom is 0.416 e. The van der Waals surface area contributed by atoms with Crippen LogP contribution < -0.4 is 9.64 Å². The highest BCUT2D eigenvalue weighted by molar-refractivity contribution is 6.31. The number of ketones is 1. The molecule has 1 aliphatic heterocycles. The van der Waals surface area contributed by atoms with Crippen LogP contribution in [0.15, 0.2) is 54.6 Å². The molecule has 7 rings (SSSR count). The van der Waals surface area contributed by atoms with Crippen molar-refractivity contribution in [1.29, 1.82) is 0 Å². The average Bonchev–Trinajstić information content (AvgIpc) is 3.60. The Morgan fingerprint density at radius 3 is 2.14 bits per heavy atom.